The van der Waals surface area contributed by atoms with Crippen molar-refractivity contribution < 1.29 is 17.9 Å². The maximum Gasteiger partial charge on any atom is 0.260 e. The van der Waals surface area contributed by atoms with Crippen molar-refractivity contribution in [2.75, 3.05) is 55.7 Å². The Balaban J connectivity index is 1.80. The molecule has 2 aliphatic rings. The molecular weight excluding hydrogens is 438 g/mol. The van der Waals surface area contributed by atoms with Gasteiger partial charge in [-0.1, -0.05) is 31.5 Å². The molecule has 0 radical (unpaired) electrons. The zero-order chi connectivity index (χ0) is 23.6. The van der Waals surface area contributed by atoms with Gasteiger partial charge >= 0.3 is 0 Å². The van der Waals surface area contributed by atoms with Gasteiger partial charge in [0.05, 0.1) is 23.7 Å². The fraction of sp³-hybridized carbons (Fsp3) is 0.480. The Morgan fingerprint density at radius 1 is 1.00 bits per heavy atom. The molecule has 1 saturated heterocycles. The van der Waals surface area contributed by atoms with Gasteiger partial charge in [0.1, 0.15) is 0 Å². The van der Waals surface area contributed by atoms with Gasteiger partial charge in [-0.15, -0.1) is 0 Å². The number of fused-ring (bicyclic) bond motifs is 1. The highest BCUT2D eigenvalue weighted by Gasteiger charge is 2.30. The normalized spacial score (nSPS) is 16.7. The van der Waals surface area contributed by atoms with Gasteiger partial charge in [-0.05, 0) is 49.6 Å². The molecule has 0 aromatic heterocycles. The summed E-state index contributed by atoms with van der Waals surface area (Å²) in [6, 6.07) is 11.2. The standard InChI is InChI=1S/C25H33N3O4S/c1-4-27(5-2)33(30,31)21-9-11-24(26-13-15-32-16-14-26)22(18-21)25(29)28-12-6-7-20-17-19(3)8-10-23(20)28/h8-11,17-18H,4-7,12-16H2,1-3H3. The number of morpholine rings is 1. The molecule has 33 heavy (non-hydrogen) atoms. The van der Waals surface area contributed by atoms with E-state index in [4.69, 9.17) is 4.74 Å². The smallest absolute Gasteiger partial charge is 0.260 e. The van der Waals surface area contributed by atoms with Crippen LogP contribution in [0.3, 0.4) is 0 Å². The van der Waals surface area contributed by atoms with E-state index < -0.39 is 10.0 Å². The number of hydrogen-bond donors (Lipinski definition) is 0. The van der Waals surface area contributed by atoms with E-state index >= 15 is 0 Å². The van der Waals surface area contributed by atoms with Gasteiger partial charge in [0.2, 0.25) is 10.0 Å². The monoisotopic (exact) mass is 471 g/mol. The van der Waals surface area contributed by atoms with Crippen molar-refractivity contribution in [1.82, 2.24) is 4.31 Å². The van der Waals surface area contributed by atoms with Gasteiger partial charge in [-0.3, -0.25) is 4.79 Å². The average molecular weight is 472 g/mol. The molecule has 2 aromatic rings. The Kier molecular flexibility index (Phi) is 7.07. The molecule has 178 valence electrons. The predicted octanol–water partition coefficient (Wildman–Crippen LogP) is 3.46. The van der Waals surface area contributed by atoms with Gasteiger partial charge in [0.15, 0.2) is 0 Å². The van der Waals surface area contributed by atoms with Crippen LogP contribution in [0.2, 0.25) is 0 Å². The van der Waals surface area contributed by atoms with Crippen LogP contribution in [0.5, 0.6) is 0 Å². The van der Waals surface area contributed by atoms with Crippen molar-refractivity contribution in [3.63, 3.8) is 0 Å². The average Bonchev–Trinajstić information content (AvgIpc) is 2.83. The number of aryl methyl sites for hydroxylation is 2. The van der Waals surface area contributed by atoms with Crippen LogP contribution in [0.4, 0.5) is 11.4 Å². The molecule has 4 rings (SSSR count). The number of carbonyl (C=O) groups excluding carboxylic acids is 1. The van der Waals surface area contributed by atoms with Gasteiger partial charge < -0.3 is 14.5 Å². The minimum Gasteiger partial charge on any atom is -0.378 e. The summed E-state index contributed by atoms with van der Waals surface area (Å²) in [7, 11) is -3.68. The molecule has 2 aliphatic heterocycles. The Bertz CT molecular complexity index is 1120. The van der Waals surface area contributed by atoms with Crippen LogP contribution < -0.4 is 9.80 Å². The third kappa shape index (κ3) is 4.65. The second kappa shape index (κ2) is 9.83. The number of rotatable bonds is 6. The van der Waals surface area contributed by atoms with Crippen molar-refractivity contribution in [3.8, 4) is 0 Å². The van der Waals surface area contributed by atoms with Crippen LogP contribution in [-0.4, -0.2) is 64.6 Å². The van der Waals surface area contributed by atoms with E-state index in [1.54, 1.807) is 18.2 Å². The predicted molar refractivity (Wildman–Crippen MR) is 131 cm³/mol. The van der Waals surface area contributed by atoms with Crippen LogP contribution in [0.15, 0.2) is 41.3 Å². The fourth-order valence-corrected chi connectivity index (χ4v) is 6.21. The van der Waals surface area contributed by atoms with E-state index in [1.165, 1.54) is 9.87 Å². The summed E-state index contributed by atoms with van der Waals surface area (Å²) in [4.78, 5) is 18.0. The Morgan fingerprint density at radius 2 is 1.70 bits per heavy atom. The van der Waals surface area contributed by atoms with Crippen LogP contribution in [-0.2, 0) is 21.2 Å². The lowest BCUT2D eigenvalue weighted by atomic mass is 9.98. The van der Waals surface area contributed by atoms with Crippen LogP contribution in [0.25, 0.3) is 0 Å². The summed E-state index contributed by atoms with van der Waals surface area (Å²) in [6.45, 7) is 9.57. The minimum absolute atomic E-state index is 0.155. The van der Waals surface area contributed by atoms with Crippen molar-refractivity contribution in [3.05, 3.63) is 53.1 Å². The first kappa shape index (κ1) is 23.7. The van der Waals surface area contributed by atoms with Gasteiger partial charge in [-0.2, -0.15) is 4.31 Å². The molecule has 0 N–H and O–H groups in total. The van der Waals surface area contributed by atoms with E-state index in [9.17, 15) is 13.2 Å². The van der Waals surface area contributed by atoms with Crippen molar-refractivity contribution in [2.45, 2.75) is 38.5 Å². The molecule has 0 bridgehead atoms. The number of anilines is 2. The third-order valence-electron chi connectivity index (χ3n) is 6.49. The van der Waals surface area contributed by atoms with Gasteiger partial charge in [0.25, 0.3) is 5.91 Å². The lowest BCUT2D eigenvalue weighted by molar-refractivity contribution is 0.0983. The number of ether oxygens (including phenoxy) is 1. The van der Waals surface area contributed by atoms with E-state index in [-0.39, 0.29) is 10.8 Å². The first-order chi connectivity index (χ1) is 15.9. The second-order valence-corrected chi connectivity index (χ2v) is 10.5. The summed E-state index contributed by atoms with van der Waals surface area (Å²) in [5.41, 5.74) is 4.44. The summed E-state index contributed by atoms with van der Waals surface area (Å²) >= 11 is 0. The van der Waals surface area contributed by atoms with Gasteiger partial charge in [-0.25, -0.2) is 8.42 Å². The largest absolute Gasteiger partial charge is 0.378 e. The molecule has 1 amide bonds. The molecule has 0 atom stereocenters. The SMILES string of the molecule is CCN(CC)S(=O)(=O)c1ccc(N2CCOCC2)c(C(=O)N2CCCc3cc(C)ccc32)c1. The first-order valence-corrected chi connectivity index (χ1v) is 13.2. The quantitative estimate of drug-likeness (QED) is 0.645. The topological polar surface area (TPSA) is 70.2 Å². The number of nitrogens with zero attached hydrogens (tertiary/aromatic N) is 3. The number of amides is 1. The molecule has 2 aromatic carbocycles. The van der Waals surface area contributed by atoms with Crippen LogP contribution in [0, 0.1) is 6.92 Å². The Hall–Kier alpha value is -2.42. The van der Waals surface area contributed by atoms with Crippen molar-refractivity contribution >= 4 is 27.3 Å². The maximum absolute atomic E-state index is 14.0. The lowest BCUT2D eigenvalue weighted by Crippen LogP contribution is -2.40. The minimum atomic E-state index is -3.68. The molecule has 2 heterocycles. The van der Waals surface area contributed by atoms with Crippen LogP contribution >= 0.6 is 0 Å². The van der Waals surface area contributed by atoms with Gasteiger partial charge in [0, 0.05) is 44.1 Å². The number of carbonyl (C=O) groups is 1. The fourth-order valence-electron chi connectivity index (χ4n) is 4.72. The summed E-state index contributed by atoms with van der Waals surface area (Å²) in [5, 5.41) is 0. The summed E-state index contributed by atoms with van der Waals surface area (Å²) in [5.74, 6) is -0.155. The molecule has 0 saturated carbocycles. The molecule has 8 heteroatoms. The zero-order valence-electron chi connectivity index (χ0n) is 19.7. The number of hydrogen-bond acceptors (Lipinski definition) is 5. The summed E-state index contributed by atoms with van der Waals surface area (Å²) in [6.07, 6.45) is 1.82. The Labute approximate surface area is 197 Å². The van der Waals surface area contributed by atoms with Crippen LogP contribution in [0.1, 0.15) is 41.8 Å². The second-order valence-electron chi connectivity index (χ2n) is 8.56. The summed E-state index contributed by atoms with van der Waals surface area (Å²) < 4.78 is 33.4. The van der Waals surface area contributed by atoms with E-state index in [0.717, 1.165) is 29.8 Å². The van der Waals surface area contributed by atoms with Crippen molar-refractivity contribution in [1.29, 1.82) is 0 Å². The van der Waals surface area contributed by atoms with E-state index in [1.807, 2.05) is 30.9 Å². The maximum atomic E-state index is 14.0. The first-order valence-electron chi connectivity index (χ1n) is 11.7. The highest BCUT2D eigenvalue weighted by molar-refractivity contribution is 7.89. The zero-order valence-corrected chi connectivity index (χ0v) is 20.5. The molecule has 0 spiro atoms. The Morgan fingerprint density at radius 3 is 2.39 bits per heavy atom. The molecule has 0 unspecified atom stereocenters. The third-order valence-corrected chi connectivity index (χ3v) is 8.54. The molecule has 1 fully saturated rings. The molecule has 0 aliphatic carbocycles. The number of sulfonamides is 1. The molecule has 7 nitrogen and oxygen atoms in total. The lowest BCUT2D eigenvalue weighted by Gasteiger charge is -2.34. The highest BCUT2D eigenvalue weighted by Crippen LogP contribution is 2.33. The van der Waals surface area contributed by atoms with E-state index in [2.05, 4.69) is 17.9 Å². The highest BCUT2D eigenvalue weighted by atomic mass is 32.2. The number of benzene rings is 2. The molecular formula is C25H33N3O4S. The van der Waals surface area contributed by atoms with E-state index in [0.29, 0.717) is 51.5 Å². The van der Waals surface area contributed by atoms with Crippen molar-refractivity contribution in [2.24, 2.45) is 0 Å².